The minimum absolute atomic E-state index is 0.157. The minimum Gasteiger partial charge on any atom is -0.345 e. The van der Waals surface area contributed by atoms with E-state index in [0.29, 0.717) is 22.6 Å². The van der Waals surface area contributed by atoms with Crippen LogP contribution in [0.5, 0.6) is 0 Å². The molecule has 0 fully saturated rings. The number of benzene rings is 1. The van der Waals surface area contributed by atoms with Crippen LogP contribution in [0.25, 0.3) is 0 Å². The van der Waals surface area contributed by atoms with Gasteiger partial charge in [0, 0.05) is 32.4 Å². The van der Waals surface area contributed by atoms with E-state index in [-0.39, 0.29) is 10.8 Å². The Morgan fingerprint density at radius 1 is 1.26 bits per heavy atom. The molecule has 1 amide bonds. The number of hydrogen-bond acceptors (Lipinski definition) is 4. The number of rotatable bonds is 4. The maximum absolute atomic E-state index is 12.6. The lowest BCUT2D eigenvalue weighted by Crippen LogP contribution is -2.22. The van der Waals surface area contributed by atoms with E-state index >= 15 is 0 Å². The quantitative estimate of drug-likeness (QED) is 0.918. The predicted molar refractivity (Wildman–Crippen MR) is 88.0 cm³/mol. The topological polar surface area (TPSA) is 84.3 Å². The smallest absolute Gasteiger partial charge is 0.265 e. The first-order chi connectivity index (χ1) is 10.6. The second kappa shape index (κ2) is 6.04. The van der Waals surface area contributed by atoms with Crippen molar-refractivity contribution in [3.8, 4) is 0 Å². The van der Waals surface area contributed by atoms with Crippen LogP contribution in [-0.2, 0) is 17.1 Å². The maximum atomic E-state index is 12.6. The Bertz CT molecular complexity index is 854. The fourth-order valence-electron chi connectivity index (χ4n) is 2.32. The Kier molecular flexibility index (Phi) is 4.46. The van der Waals surface area contributed by atoms with E-state index in [0.717, 1.165) is 0 Å². The summed E-state index contributed by atoms with van der Waals surface area (Å²) in [7, 11) is 1.20. The number of nitrogens with one attached hydrogen (secondary N) is 1. The lowest BCUT2D eigenvalue weighted by atomic mass is 10.2. The second-order valence-electron chi connectivity index (χ2n) is 5.51. The maximum Gasteiger partial charge on any atom is 0.265 e. The predicted octanol–water partition coefficient (Wildman–Crippen LogP) is 1.54. The first kappa shape index (κ1) is 17.0. The van der Waals surface area contributed by atoms with Gasteiger partial charge in [0.2, 0.25) is 0 Å². The van der Waals surface area contributed by atoms with Crippen molar-refractivity contribution in [3.63, 3.8) is 0 Å². The summed E-state index contributed by atoms with van der Waals surface area (Å²) in [5.41, 5.74) is 1.73. The Morgan fingerprint density at radius 2 is 1.91 bits per heavy atom. The molecule has 0 spiro atoms. The summed E-state index contributed by atoms with van der Waals surface area (Å²) in [6.07, 6.45) is 0. The van der Waals surface area contributed by atoms with Crippen molar-refractivity contribution in [2.24, 2.45) is 7.05 Å². The highest BCUT2D eigenvalue weighted by atomic mass is 32.2. The van der Waals surface area contributed by atoms with Gasteiger partial charge in [-0.2, -0.15) is 5.10 Å². The third-order valence-electron chi connectivity index (χ3n) is 3.48. The van der Waals surface area contributed by atoms with E-state index in [4.69, 9.17) is 0 Å². The summed E-state index contributed by atoms with van der Waals surface area (Å²) in [5.74, 6) is -0.195. The van der Waals surface area contributed by atoms with Crippen LogP contribution >= 0.6 is 0 Å². The monoisotopic (exact) mass is 336 g/mol. The molecule has 23 heavy (non-hydrogen) atoms. The van der Waals surface area contributed by atoms with Crippen LogP contribution < -0.4 is 4.72 Å². The highest BCUT2D eigenvalue weighted by molar-refractivity contribution is 7.92. The molecule has 1 heterocycles. The molecule has 0 saturated heterocycles. The van der Waals surface area contributed by atoms with E-state index in [1.54, 1.807) is 53.2 Å². The van der Waals surface area contributed by atoms with Crippen LogP contribution in [0.3, 0.4) is 0 Å². The zero-order chi connectivity index (χ0) is 17.4. The number of aryl methyl sites for hydroxylation is 2. The molecule has 0 saturated carbocycles. The van der Waals surface area contributed by atoms with Crippen molar-refractivity contribution in [2.45, 2.75) is 18.7 Å². The Hall–Kier alpha value is -2.35. The van der Waals surface area contributed by atoms with E-state index < -0.39 is 10.0 Å². The van der Waals surface area contributed by atoms with Crippen molar-refractivity contribution in [3.05, 3.63) is 41.2 Å². The zero-order valence-corrected chi connectivity index (χ0v) is 14.6. The molecule has 0 unspecified atom stereocenters. The number of hydrogen-bond donors (Lipinski definition) is 1. The van der Waals surface area contributed by atoms with Crippen molar-refractivity contribution in [1.29, 1.82) is 0 Å². The molecule has 0 atom stereocenters. The lowest BCUT2D eigenvalue weighted by Gasteiger charge is -2.12. The molecule has 2 rings (SSSR count). The molecule has 7 nitrogen and oxygen atoms in total. The van der Waals surface area contributed by atoms with Crippen molar-refractivity contribution in [2.75, 3.05) is 18.8 Å². The molecule has 0 bridgehead atoms. The molecule has 1 aromatic heterocycles. The summed E-state index contributed by atoms with van der Waals surface area (Å²) in [6.45, 7) is 3.34. The van der Waals surface area contributed by atoms with Gasteiger partial charge in [-0.25, -0.2) is 8.42 Å². The minimum atomic E-state index is -3.77. The first-order valence-electron chi connectivity index (χ1n) is 6.98. The number of nitrogens with zero attached hydrogens (tertiary/aromatic N) is 3. The van der Waals surface area contributed by atoms with E-state index in [1.165, 1.54) is 15.6 Å². The third-order valence-corrected chi connectivity index (χ3v) is 5.11. The molecule has 0 aliphatic rings. The van der Waals surface area contributed by atoms with Gasteiger partial charge >= 0.3 is 0 Å². The summed E-state index contributed by atoms with van der Waals surface area (Å²) in [6, 6.07) is 6.39. The molecule has 1 aromatic carbocycles. The summed E-state index contributed by atoms with van der Waals surface area (Å²) < 4.78 is 29.3. The van der Waals surface area contributed by atoms with Crippen molar-refractivity contribution < 1.29 is 13.2 Å². The molecule has 8 heteroatoms. The van der Waals surface area contributed by atoms with E-state index in [1.807, 2.05) is 0 Å². The third kappa shape index (κ3) is 3.37. The van der Waals surface area contributed by atoms with Crippen LogP contribution in [0.4, 0.5) is 5.69 Å². The number of anilines is 1. The SMILES string of the molecule is Cc1nn(C)c(C)c1S(=O)(=O)Nc1cccc(C(=O)N(C)C)c1. The van der Waals surface area contributed by atoms with E-state index in [9.17, 15) is 13.2 Å². The van der Waals surface area contributed by atoms with Gasteiger partial charge in [-0.1, -0.05) is 6.07 Å². The van der Waals surface area contributed by atoms with Gasteiger partial charge in [0.05, 0.1) is 11.4 Å². The van der Waals surface area contributed by atoms with Crippen LogP contribution in [0.1, 0.15) is 21.7 Å². The zero-order valence-electron chi connectivity index (χ0n) is 13.8. The first-order valence-corrected chi connectivity index (χ1v) is 8.46. The average Bonchev–Trinajstić information content (AvgIpc) is 2.71. The van der Waals surface area contributed by atoms with Gasteiger partial charge in [-0.15, -0.1) is 0 Å². The fourth-order valence-corrected chi connectivity index (χ4v) is 3.81. The normalized spacial score (nSPS) is 11.3. The lowest BCUT2D eigenvalue weighted by molar-refractivity contribution is 0.0827. The number of amides is 1. The van der Waals surface area contributed by atoms with Crippen molar-refractivity contribution in [1.82, 2.24) is 14.7 Å². The molecule has 0 radical (unpaired) electrons. The molecule has 124 valence electrons. The summed E-state index contributed by atoms with van der Waals surface area (Å²) >= 11 is 0. The standard InChI is InChI=1S/C15H20N4O3S/c1-10-14(11(2)19(5)16-10)23(21,22)17-13-8-6-7-12(9-13)15(20)18(3)4/h6-9,17H,1-5H3. The number of sulfonamides is 1. The average molecular weight is 336 g/mol. The van der Waals surface area contributed by atoms with Gasteiger partial charge in [-0.3, -0.25) is 14.2 Å². The van der Waals surface area contributed by atoms with Crippen LogP contribution in [-0.4, -0.2) is 43.1 Å². The Balaban J connectivity index is 2.38. The number of carbonyl (C=O) groups excluding carboxylic acids is 1. The summed E-state index contributed by atoms with van der Waals surface area (Å²) in [5, 5.41) is 4.12. The van der Waals surface area contributed by atoms with Gasteiger partial charge < -0.3 is 4.90 Å². The largest absolute Gasteiger partial charge is 0.345 e. The van der Waals surface area contributed by atoms with E-state index in [2.05, 4.69) is 9.82 Å². The fraction of sp³-hybridized carbons (Fsp3) is 0.333. The highest BCUT2D eigenvalue weighted by Crippen LogP contribution is 2.22. The molecular formula is C15H20N4O3S. The molecule has 0 aliphatic heterocycles. The molecular weight excluding hydrogens is 316 g/mol. The summed E-state index contributed by atoms with van der Waals surface area (Å²) in [4.78, 5) is 13.6. The van der Waals surface area contributed by atoms with Gasteiger partial charge in [0.25, 0.3) is 15.9 Å². The van der Waals surface area contributed by atoms with Gasteiger partial charge in [0.15, 0.2) is 0 Å². The Morgan fingerprint density at radius 3 is 2.43 bits per heavy atom. The van der Waals surface area contributed by atoms with Crippen LogP contribution in [0.15, 0.2) is 29.2 Å². The van der Waals surface area contributed by atoms with Gasteiger partial charge in [-0.05, 0) is 32.0 Å². The molecule has 1 N–H and O–H groups in total. The Labute approximate surface area is 136 Å². The van der Waals surface area contributed by atoms with Gasteiger partial charge in [0.1, 0.15) is 4.90 Å². The van der Waals surface area contributed by atoms with Crippen molar-refractivity contribution >= 4 is 21.6 Å². The number of carbonyl (C=O) groups is 1. The number of aromatic nitrogens is 2. The highest BCUT2D eigenvalue weighted by Gasteiger charge is 2.24. The molecule has 0 aliphatic carbocycles. The molecule has 2 aromatic rings. The van der Waals surface area contributed by atoms with Crippen LogP contribution in [0, 0.1) is 13.8 Å². The second-order valence-corrected chi connectivity index (χ2v) is 7.13. The van der Waals surface area contributed by atoms with Crippen LogP contribution in [0.2, 0.25) is 0 Å².